The zero-order valence-corrected chi connectivity index (χ0v) is 17.1. The van der Waals surface area contributed by atoms with Crippen molar-refractivity contribution in [2.75, 3.05) is 12.8 Å². The molecule has 2 atom stereocenters. The van der Waals surface area contributed by atoms with Crippen LogP contribution in [0.4, 0.5) is 8.78 Å². The predicted molar refractivity (Wildman–Crippen MR) is 113 cm³/mol. The molecule has 2 heterocycles. The van der Waals surface area contributed by atoms with E-state index in [0.717, 1.165) is 11.8 Å². The second-order valence-electron chi connectivity index (χ2n) is 6.93. The summed E-state index contributed by atoms with van der Waals surface area (Å²) in [5.41, 5.74) is 6.26. The maximum atomic E-state index is 14.7. The van der Waals surface area contributed by atoms with Gasteiger partial charge < -0.3 is 5.73 Å². The average Bonchev–Trinajstić information content (AvgIpc) is 2.61. The lowest BCUT2D eigenvalue weighted by Crippen LogP contribution is -2.50. The molecule has 0 radical (unpaired) electrons. The highest BCUT2D eigenvalue weighted by Gasteiger charge is 2.38. The van der Waals surface area contributed by atoms with Crippen LogP contribution in [-0.2, 0) is 21.7 Å². The lowest BCUT2D eigenvalue weighted by atomic mass is 9.91. The lowest BCUT2D eigenvalue weighted by molar-refractivity contribution is 0.480. The fourth-order valence-corrected chi connectivity index (χ4v) is 5.07. The SMILES string of the molecule is C=S1(=O)C[C@@](C)(c2cc(CC(=S)c3ccc(F)cn3)ccc2F)N=C(N)N1C. The Morgan fingerprint density at radius 3 is 2.71 bits per heavy atom. The predicted octanol–water partition coefficient (Wildman–Crippen LogP) is 2.43. The van der Waals surface area contributed by atoms with Crippen molar-refractivity contribution in [2.45, 2.75) is 18.9 Å². The van der Waals surface area contributed by atoms with Crippen molar-refractivity contribution in [1.82, 2.24) is 9.29 Å². The van der Waals surface area contributed by atoms with Crippen LogP contribution >= 0.6 is 12.2 Å². The first-order chi connectivity index (χ1) is 13.0. The number of nitrogens with two attached hydrogens (primary N) is 1. The highest BCUT2D eigenvalue weighted by molar-refractivity contribution is 7.98. The third kappa shape index (κ3) is 3.90. The normalized spacial score (nSPS) is 24.7. The number of hydrogen-bond donors (Lipinski definition) is 1. The molecule has 1 aliphatic rings. The number of thiocarbonyl (C=S) groups is 1. The molecule has 1 unspecified atom stereocenters. The van der Waals surface area contributed by atoms with Crippen LogP contribution in [0.15, 0.2) is 41.5 Å². The first kappa shape index (κ1) is 20.3. The van der Waals surface area contributed by atoms with Crippen LogP contribution in [0.3, 0.4) is 0 Å². The summed E-state index contributed by atoms with van der Waals surface area (Å²) in [7, 11) is -1.18. The van der Waals surface area contributed by atoms with Gasteiger partial charge in [0.2, 0.25) is 5.96 Å². The van der Waals surface area contributed by atoms with Crippen molar-refractivity contribution < 1.29 is 13.0 Å². The fourth-order valence-electron chi connectivity index (χ4n) is 3.11. The number of nitrogens with zero attached hydrogens (tertiary/aromatic N) is 3. The van der Waals surface area contributed by atoms with Crippen molar-refractivity contribution in [3.63, 3.8) is 0 Å². The summed E-state index contributed by atoms with van der Waals surface area (Å²) < 4.78 is 41.8. The van der Waals surface area contributed by atoms with E-state index in [0.29, 0.717) is 17.0 Å². The molecule has 2 aromatic rings. The molecule has 1 aromatic carbocycles. The molecule has 0 bridgehead atoms. The Morgan fingerprint density at radius 1 is 1.39 bits per heavy atom. The second kappa shape index (κ2) is 7.21. The van der Waals surface area contributed by atoms with Gasteiger partial charge in [-0.3, -0.25) is 9.29 Å². The third-order valence-corrected chi connectivity index (χ3v) is 7.23. The third-order valence-electron chi connectivity index (χ3n) is 4.68. The minimum Gasteiger partial charge on any atom is -0.369 e. The molecule has 1 aliphatic heterocycles. The number of rotatable bonds is 4. The molecule has 2 N–H and O–H groups in total. The summed E-state index contributed by atoms with van der Waals surface area (Å²) in [5, 5.41) is 0. The van der Waals surface area contributed by atoms with Gasteiger partial charge in [-0.1, -0.05) is 24.4 Å². The van der Waals surface area contributed by atoms with Crippen LogP contribution in [0.25, 0.3) is 0 Å². The Kier molecular flexibility index (Phi) is 5.24. The van der Waals surface area contributed by atoms with Gasteiger partial charge in [0.15, 0.2) is 0 Å². The van der Waals surface area contributed by atoms with Crippen LogP contribution in [0, 0.1) is 11.6 Å². The maximum absolute atomic E-state index is 14.7. The Bertz CT molecular complexity index is 1070. The molecule has 3 rings (SSSR count). The fraction of sp³-hybridized carbons (Fsp3) is 0.263. The van der Waals surface area contributed by atoms with E-state index in [1.165, 1.54) is 22.5 Å². The van der Waals surface area contributed by atoms with Gasteiger partial charge in [0.1, 0.15) is 17.2 Å². The molecule has 0 fully saturated rings. The molecule has 9 heteroatoms. The number of benzene rings is 1. The molecule has 0 saturated carbocycles. The molecule has 0 spiro atoms. The van der Waals surface area contributed by atoms with Crippen LogP contribution in [-0.4, -0.2) is 43.0 Å². The van der Waals surface area contributed by atoms with E-state index in [9.17, 15) is 13.0 Å². The number of hydrogen-bond acceptors (Lipinski definition) is 5. The highest BCUT2D eigenvalue weighted by atomic mass is 32.2. The van der Waals surface area contributed by atoms with Crippen molar-refractivity contribution in [2.24, 2.45) is 10.7 Å². The highest BCUT2D eigenvalue weighted by Crippen LogP contribution is 2.34. The molecular weight excluding hydrogens is 402 g/mol. The lowest BCUT2D eigenvalue weighted by Gasteiger charge is -2.37. The topological polar surface area (TPSA) is 71.6 Å². The Morgan fingerprint density at radius 2 is 2.11 bits per heavy atom. The van der Waals surface area contributed by atoms with Crippen molar-refractivity contribution in [3.05, 3.63) is 65.0 Å². The van der Waals surface area contributed by atoms with E-state index < -0.39 is 26.9 Å². The monoisotopic (exact) mass is 422 g/mol. The van der Waals surface area contributed by atoms with E-state index in [2.05, 4.69) is 15.8 Å². The van der Waals surface area contributed by atoms with E-state index in [4.69, 9.17) is 18.0 Å². The summed E-state index contributed by atoms with van der Waals surface area (Å²) in [6.45, 7) is 1.68. The van der Waals surface area contributed by atoms with E-state index in [-0.39, 0.29) is 17.3 Å². The van der Waals surface area contributed by atoms with Crippen molar-refractivity contribution in [1.29, 1.82) is 0 Å². The molecule has 0 amide bonds. The summed E-state index contributed by atoms with van der Waals surface area (Å²) in [4.78, 5) is 8.85. The molecule has 148 valence electrons. The summed E-state index contributed by atoms with van der Waals surface area (Å²) in [5.74, 6) is 2.89. The van der Waals surface area contributed by atoms with Crippen molar-refractivity contribution in [3.8, 4) is 0 Å². The number of guanidine groups is 1. The number of halogens is 2. The molecule has 0 aliphatic carbocycles. The molecular formula is C19H20F2N4OS2. The Balaban J connectivity index is 1.96. The Hall–Kier alpha value is -2.39. The summed E-state index contributed by atoms with van der Waals surface area (Å²) in [6, 6.07) is 7.37. The van der Waals surface area contributed by atoms with E-state index >= 15 is 0 Å². The second-order valence-corrected chi connectivity index (χ2v) is 9.81. The first-order valence-electron chi connectivity index (χ1n) is 8.40. The van der Waals surface area contributed by atoms with Crippen LogP contribution < -0.4 is 5.73 Å². The minimum absolute atomic E-state index is 0.0293. The van der Waals surface area contributed by atoms with Gasteiger partial charge in [0.05, 0.1) is 27.4 Å². The number of aliphatic imine (C=N–C) groups is 1. The molecule has 1 aromatic heterocycles. The quantitative estimate of drug-likeness (QED) is 0.607. The maximum Gasteiger partial charge on any atom is 0.203 e. The largest absolute Gasteiger partial charge is 0.369 e. The number of aromatic nitrogens is 1. The summed E-state index contributed by atoms with van der Waals surface area (Å²) >= 11 is 5.39. The molecule has 5 nitrogen and oxygen atoms in total. The molecule has 0 saturated heterocycles. The van der Waals surface area contributed by atoms with Crippen LogP contribution in [0.5, 0.6) is 0 Å². The summed E-state index contributed by atoms with van der Waals surface area (Å²) in [6.07, 6.45) is 1.41. The number of pyridine rings is 1. The first-order valence-corrected chi connectivity index (χ1v) is 10.7. The Labute approximate surface area is 168 Å². The van der Waals surface area contributed by atoms with Gasteiger partial charge in [0, 0.05) is 23.9 Å². The average molecular weight is 423 g/mol. The van der Waals surface area contributed by atoms with Gasteiger partial charge >= 0.3 is 0 Å². The van der Waals surface area contributed by atoms with Gasteiger partial charge in [0.25, 0.3) is 0 Å². The van der Waals surface area contributed by atoms with Gasteiger partial charge in [-0.05, 0) is 36.6 Å². The standard InChI is InChI=1S/C19H20F2N4OS2/c1-19(11-28(3,26)25(2)18(22)24-19)14-8-12(4-6-15(14)21)9-17(27)16-7-5-13(20)10-23-16/h4-8,10H,3,9,11H2,1-2H3,(H2,22,24)/t19-,28?/m0/s1. The van der Waals surface area contributed by atoms with E-state index in [1.54, 1.807) is 26.1 Å². The molecule has 28 heavy (non-hydrogen) atoms. The van der Waals surface area contributed by atoms with Crippen LogP contribution in [0.2, 0.25) is 0 Å². The van der Waals surface area contributed by atoms with Crippen LogP contribution in [0.1, 0.15) is 23.7 Å². The smallest absolute Gasteiger partial charge is 0.203 e. The van der Waals surface area contributed by atoms with Gasteiger partial charge in [-0.2, -0.15) is 0 Å². The van der Waals surface area contributed by atoms with Gasteiger partial charge in [-0.15, -0.1) is 0 Å². The van der Waals surface area contributed by atoms with E-state index in [1.807, 2.05) is 0 Å². The van der Waals surface area contributed by atoms with Gasteiger partial charge in [-0.25, -0.2) is 18.0 Å². The van der Waals surface area contributed by atoms with Crippen molar-refractivity contribution >= 4 is 38.6 Å². The zero-order chi connectivity index (χ0) is 20.7. The zero-order valence-electron chi connectivity index (χ0n) is 15.5. The minimum atomic E-state index is -2.73.